The van der Waals surface area contributed by atoms with Crippen LogP contribution in [0.2, 0.25) is 5.02 Å². The van der Waals surface area contributed by atoms with E-state index >= 15 is 0 Å². The molecule has 172 valence electrons. The number of aromatic nitrogens is 1. The van der Waals surface area contributed by atoms with Gasteiger partial charge in [0.05, 0.1) is 5.56 Å². The number of thiophene rings is 1. The highest BCUT2D eigenvalue weighted by Crippen LogP contribution is 2.44. The van der Waals surface area contributed by atoms with Gasteiger partial charge in [0.2, 0.25) is 0 Å². The van der Waals surface area contributed by atoms with Crippen LogP contribution in [0.5, 0.6) is 0 Å². The topological polar surface area (TPSA) is 71.1 Å². The van der Waals surface area contributed by atoms with Gasteiger partial charge in [0.25, 0.3) is 11.8 Å². The van der Waals surface area contributed by atoms with Gasteiger partial charge in [-0.15, -0.1) is 11.3 Å². The zero-order chi connectivity index (χ0) is 23.6. The van der Waals surface area contributed by atoms with Crippen molar-refractivity contribution in [1.29, 1.82) is 0 Å². The van der Waals surface area contributed by atoms with Crippen LogP contribution in [0.1, 0.15) is 63.9 Å². The van der Waals surface area contributed by atoms with Crippen LogP contribution in [0.25, 0.3) is 0 Å². The molecule has 2 N–H and O–H groups in total. The number of benzene rings is 1. The summed E-state index contributed by atoms with van der Waals surface area (Å²) < 4.78 is 0. The second kappa shape index (κ2) is 9.65. The van der Waals surface area contributed by atoms with Gasteiger partial charge in [-0.05, 0) is 72.1 Å². The largest absolute Gasteiger partial charge is 0.348 e. The molecular weight excluding hydrogens is 454 g/mol. The highest BCUT2D eigenvalue weighted by atomic mass is 35.5. The third kappa shape index (κ3) is 5.45. The molecule has 33 heavy (non-hydrogen) atoms. The molecule has 1 aliphatic rings. The molecule has 3 aromatic rings. The van der Waals surface area contributed by atoms with E-state index in [0.717, 1.165) is 30.4 Å². The molecule has 0 radical (unpaired) electrons. The molecule has 1 atom stereocenters. The molecule has 7 heteroatoms. The fourth-order valence-corrected chi connectivity index (χ4v) is 5.65. The van der Waals surface area contributed by atoms with Gasteiger partial charge in [-0.1, -0.05) is 38.4 Å². The molecule has 4 rings (SSSR count). The van der Waals surface area contributed by atoms with Crippen LogP contribution in [0.3, 0.4) is 0 Å². The van der Waals surface area contributed by atoms with Crippen LogP contribution >= 0.6 is 22.9 Å². The number of rotatable bonds is 5. The summed E-state index contributed by atoms with van der Waals surface area (Å²) in [6.07, 6.45) is 6.22. The van der Waals surface area contributed by atoms with Crippen molar-refractivity contribution in [3.05, 3.63) is 80.9 Å². The predicted molar refractivity (Wildman–Crippen MR) is 134 cm³/mol. The van der Waals surface area contributed by atoms with E-state index in [1.54, 1.807) is 36.7 Å². The summed E-state index contributed by atoms with van der Waals surface area (Å²) in [5.41, 5.74) is 3.27. The Labute approximate surface area is 203 Å². The molecule has 0 bridgehead atoms. The van der Waals surface area contributed by atoms with E-state index in [0.29, 0.717) is 33.6 Å². The van der Waals surface area contributed by atoms with Crippen molar-refractivity contribution < 1.29 is 9.59 Å². The number of hydrogen-bond donors (Lipinski definition) is 2. The van der Waals surface area contributed by atoms with Crippen LogP contribution < -0.4 is 10.6 Å². The van der Waals surface area contributed by atoms with Crippen LogP contribution in [0.15, 0.2) is 48.8 Å². The zero-order valence-corrected chi connectivity index (χ0v) is 20.6. The summed E-state index contributed by atoms with van der Waals surface area (Å²) in [5, 5.41) is 7.19. The maximum absolute atomic E-state index is 13.3. The summed E-state index contributed by atoms with van der Waals surface area (Å²) in [6.45, 7) is 7.18. The first-order chi connectivity index (χ1) is 15.7. The number of anilines is 1. The molecule has 5 nitrogen and oxygen atoms in total. The number of pyridine rings is 1. The van der Waals surface area contributed by atoms with E-state index in [-0.39, 0.29) is 17.2 Å². The van der Waals surface area contributed by atoms with Crippen LogP contribution in [-0.2, 0) is 19.4 Å². The Kier molecular flexibility index (Phi) is 6.86. The van der Waals surface area contributed by atoms with Gasteiger partial charge in [-0.3, -0.25) is 14.6 Å². The predicted octanol–water partition coefficient (Wildman–Crippen LogP) is 6.13. The third-order valence-corrected chi connectivity index (χ3v) is 7.65. The van der Waals surface area contributed by atoms with E-state index in [1.807, 2.05) is 12.1 Å². The molecular formula is C26H28ClN3O2S. The quantitative estimate of drug-likeness (QED) is 0.460. The van der Waals surface area contributed by atoms with Crippen molar-refractivity contribution in [2.24, 2.45) is 11.3 Å². The van der Waals surface area contributed by atoms with Crippen molar-refractivity contribution in [3.8, 4) is 0 Å². The van der Waals surface area contributed by atoms with Crippen molar-refractivity contribution in [1.82, 2.24) is 10.3 Å². The Morgan fingerprint density at radius 1 is 1.15 bits per heavy atom. The second-order valence-electron chi connectivity index (χ2n) is 9.52. The standard InChI is InChI=1S/C26H28ClN3O2S/c1-26(2,3)18-8-11-20-21(13-18)33-25(30-23(31)17-6-9-19(27)10-7-17)22(20)24(32)29-15-16-5-4-12-28-14-16/h4-7,9-10,12,14,18H,8,11,13,15H2,1-3H3,(H,29,32)(H,30,31)/t18-/m0/s1. The van der Waals surface area contributed by atoms with Crippen molar-refractivity contribution >= 4 is 39.8 Å². The summed E-state index contributed by atoms with van der Waals surface area (Å²) in [7, 11) is 0. The van der Waals surface area contributed by atoms with Gasteiger partial charge in [-0.25, -0.2) is 0 Å². The maximum Gasteiger partial charge on any atom is 0.256 e. The highest BCUT2D eigenvalue weighted by molar-refractivity contribution is 7.17. The van der Waals surface area contributed by atoms with Crippen LogP contribution in [0.4, 0.5) is 5.00 Å². The van der Waals surface area contributed by atoms with Crippen LogP contribution in [0, 0.1) is 11.3 Å². The van der Waals surface area contributed by atoms with Crippen molar-refractivity contribution in [2.45, 2.75) is 46.6 Å². The summed E-state index contributed by atoms with van der Waals surface area (Å²) in [6, 6.07) is 10.5. The molecule has 0 spiro atoms. The minimum atomic E-state index is -0.251. The third-order valence-electron chi connectivity index (χ3n) is 6.23. The van der Waals surface area contributed by atoms with E-state index in [9.17, 15) is 9.59 Å². The first-order valence-electron chi connectivity index (χ1n) is 11.1. The lowest BCUT2D eigenvalue weighted by Gasteiger charge is -2.33. The summed E-state index contributed by atoms with van der Waals surface area (Å²) >= 11 is 7.49. The Balaban J connectivity index is 1.62. The van der Waals surface area contributed by atoms with Crippen molar-refractivity contribution in [3.63, 3.8) is 0 Å². The molecule has 2 heterocycles. The molecule has 0 saturated heterocycles. The van der Waals surface area contributed by atoms with Gasteiger partial charge in [0.1, 0.15) is 5.00 Å². The Morgan fingerprint density at radius 3 is 2.58 bits per heavy atom. The van der Waals surface area contributed by atoms with Gasteiger partial charge in [-0.2, -0.15) is 0 Å². The molecule has 1 aromatic carbocycles. The number of carbonyl (C=O) groups excluding carboxylic acids is 2. The number of fused-ring (bicyclic) bond motifs is 1. The van der Waals surface area contributed by atoms with E-state index in [2.05, 4.69) is 36.4 Å². The Morgan fingerprint density at radius 2 is 1.91 bits per heavy atom. The van der Waals surface area contributed by atoms with Gasteiger partial charge < -0.3 is 10.6 Å². The number of halogens is 1. The molecule has 1 aliphatic carbocycles. The average molecular weight is 482 g/mol. The number of hydrogen-bond acceptors (Lipinski definition) is 4. The first-order valence-corrected chi connectivity index (χ1v) is 12.3. The fraction of sp³-hybridized carbons (Fsp3) is 0.346. The second-order valence-corrected chi connectivity index (χ2v) is 11.1. The molecule has 0 unspecified atom stereocenters. The summed E-state index contributed by atoms with van der Waals surface area (Å²) in [5.74, 6) is 0.116. The van der Waals surface area contributed by atoms with Crippen LogP contribution in [-0.4, -0.2) is 16.8 Å². The van der Waals surface area contributed by atoms with Crippen molar-refractivity contribution in [2.75, 3.05) is 5.32 Å². The monoisotopic (exact) mass is 481 g/mol. The zero-order valence-electron chi connectivity index (χ0n) is 19.1. The molecule has 2 aromatic heterocycles. The molecule has 2 amide bonds. The average Bonchev–Trinajstić information content (AvgIpc) is 3.15. The summed E-state index contributed by atoms with van der Waals surface area (Å²) in [4.78, 5) is 31.5. The molecule has 0 aliphatic heterocycles. The lowest BCUT2D eigenvalue weighted by Crippen LogP contribution is -2.28. The highest BCUT2D eigenvalue weighted by Gasteiger charge is 2.34. The van der Waals surface area contributed by atoms with Gasteiger partial charge in [0, 0.05) is 34.4 Å². The van der Waals surface area contributed by atoms with E-state index in [4.69, 9.17) is 11.6 Å². The lowest BCUT2D eigenvalue weighted by atomic mass is 9.72. The number of nitrogens with one attached hydrogen (secondary N) is 2. The maximum atomic E-state index is 13.3. The first kappa shape index (κ1) is 23.5. The smallest absolute Gasteiger partial charge is 0.256 e. The normalized spacial score (nSPS) is 15.6. The molecule has 0 saturated carbocycles. The fourth-order valence-electron chi connectivity index (χ4n) is 4.20. The SMILES string of the molecule is CC(C)(C)[C@H]1CCc2c(sc(NC(=O)c3ccc(Cl)cc3)c2C(=O)NCc2cccnc2)C1. The van der Waals surface area contributed by atoms with Gasteiger partial charge >= 0.3 is 0 Å². The number of nitrogens with zero attached hydrogens (tertiary/aromatic N) is 1. The number of carbonyl (C=O) groups is 2. The lowest BCUT2D eigenvalue weighted by molar-refractivity contribution is 0.0950. The molecule has 0 fully saturated rings. The van der Waals surface area contributed by atoms with E-state index < -0.39 is 0 Å². The van der Waals surface area contributed by atoms with E-state index in [1.165, 1.54) is 16.2 Å². The van der Waals surface area contributed by atoms with Gasteiger partial charge in [0.15, 0.2) is 0 Å². The number of amides is 2. The minimum absolute atomic E-state index is 0.169. The Bertz CT molecular complexity index is 1150. The Hall–Kier alpha value is -2.70. The minimum Gasteiger partial charge on any atom is -0.348 e.